The first kappa shape index (κ1) is 23.4. The largest absolute Gasteiger partial charge is 0.491 e. The molecular weight excluding hydrogens is 436 g/mol. The van der Waals surface area contributed by atoms with Crippen LogP contribution in [0.5, 0.6) is 5.75 Å². The molecule has 0 bridgehead atoms. The van der Waals surface area contributed by atoms with Crippen molar-refractivity contribution in [2.24, 2.45) is 0 Å². The monoisotopic (exact) mass is 462 g/mol. The molecule has 1 fully saturated rings. The Bertz CT molecular complexity index is 889. The molecule has 1 aliphatic rings. The highest BCUT2D eigenvalue weighted by atomic mass is 35.5. The van der Waals surface area contributed by atoms with Crippen molar-refractivity contribution < 1.29 is 19.1 Å². The molecule has 31 heavy (non-hydrogen) atoms. The SMILES string of the molecule is CSCC[C@H](NC(=O)c1ccccc1Cl)C(=O)Nc1cccc(OC[C@H]2CCCO2)c1. The molecule has 0 radical (unpaired) electrons. The van der Waals surface area contributed by atoms with Gasteiger partial charge in [-0.05, 0) is 55.5 Å². The Hall–Kier alpha value is -2.22. The lowest BCUT2D eigenvalue weighted by molar-refractivity contribution is -0.118. The van der Waals surface area contributed by atoms with Crippen molar-refractivity contribution in [2.75, 3.05) is 30.5 Å². The molecule has 2 atom stereocenters. The van der Waals surface area contributed by atoms with E-state index >= 15 is 0 Å². The Balaban J connectivity index is 1.62. The third-order valence-corrected chi connectivity index (χ3v) is 5.89. The van der Waals surface area contributed by atoms with E-state index in [-0.39, 0.29) is 17.9 Å². The predicted octanol–water partition coefficient (Wildman–Crippen LogP) is 4.39. The molecule has 0 unspecified atom stereocenters. The van der Waals surface area contributed by atoms with Crippen molar-refractivity contribution >= 4 is 40.9 Å². The van der Waals surface area contributed by atoms with E-state index in [1.54, 1.807) is 48.2 Å². The number of hydrogen-bond acceptors (Lipinski definition) is 5. The maximum Gasteiger partial charge on any atom is 0.253 e. The van der Waals surface area contributed by atoms with Gasteiger partial charge in [-0.25, -0.2) is 0 Å². The lowest BCUT2D eigenvalue weighted by Gasteiger charge is -2.19. The van der Waals surface area contributed by atoms with Gasteiger partial charge >= 0.3 is 0 Å². The first-order valence-electron chi connectivity index (χ1n) is 10.3. The van der Waals surface area contributed by atoms with E-state index < -0.39 is 6.04 Å². The summed E-state index contributed by atoms with van der Waals surface area (Å²) in [5.41, 5.74) is 0.951. The number of benzene rings is 2. The first-order chi connectivity index (χ1) is 15.1. The maximum atomic E-state index is 12.9. The molecule has 0 aliphatic carbocycles. The van der Waals surface area contributed by atoms with Crippen molar-refractivity contribution in [3.63, 3.8) is 0 Å². The molecule has 3 rings (SSSR count). The van der Waals surface area contributed by atoms with Crippen LogP contribution in [0, 0.1) is 0 Å². The number of rotatable bonds is 10. The molecule has 2 aromatic carbocycles. The van der Waals surface area contributed by atoms with Crippen LogP contribution in [0.25, 0.3) is 0 Å². The quantitative estimate of drug-likeness (QED) is 0.547. The summed E-state index contributed by atoms with van der Waals surface area (Å²) in [6, 6.07) is 13.3. The highest BCUT2D eigenvalue weighted by Crippen LogP contribution is 2.20. The second-order valence-electron chi connectivity index (χ2n) is 7.25. The zero-order valence-corrected chi connectivity index (χ0v) is 19.0. The second-order valence-corrected chi connectivity index (χ2v) is 8.64. The second kappa shape index (κ2) is 12.0. The summed E-state index contributed by atoms with van der Waals surface area (Å²) in [7, 11) is 0. The molecule has 166 valence electrons. The number of amides is 2. The molecule has 0 aromatic heterocycles. The Kier molecular flexibility index (Phi) is 9.06. The van der Waals surface area contributed by atoms with Gasteiger partial charge in [0.1, 0.15) is 18.4 Å². The summed E-state index contributed by atoms with van der Waals surface area (Å²) in [5.74, 6) is 0.728. The van der Waals surface area contributed by atoms with Gasteiger partial charge in [-0.3, -0.25) is 9.59 Å². The summed E-state index contributed by atoms with van der Waals surface area (Å²) >= 11 is 7.73. The van der Waals surface area contributed by atoms with Crippen LogP contribution in [0.4, 0.5) is 5.69 Å². The Labute approximate surface area is 192 Å². The minimum Gasteiger partial charge on any atom is -0.491 e. The summed E-state index contributed by atoms with van der Waals surface area (Å²) in [6.07, 6.45) is 4.63. The number of thioether (sulfide) groups is 1. The van der Waals surface area contributed by atoms with Crippen molar-refractivity contribution in [3.05, 3.63) is 59.1 Å². The third kappa shape index (κ3) is 7.16. The van der Waals surface area contributed by atoms with Crippen LogP contribution in [-0.2, 0) is 9.53 Å². The van der Waals surface area contributed by atoms with Crippen molar-refractivity contribution in [1.29, 1.82) is 0 Å². The number of nitrogens with one attached hydrogen (secondary N) is 2. The molecule has 2 N–H and O–H groups in total. The van der Waals surface area contributed by atoms with E-state index in [0.29, 0.717) is 35.1 Å². The molecule has 1 saturated heterocycles. The molecule has 0 saturated carbocycles. The molecule has 1 aliphatic heterocycles. The van der Waals surface area contributed by atoms with Crippen LogP contribution in [0.1, 0.15) is 29.6 Å². The molecule has 0 spiro atoms. The van der Waals surface area contributed by atoms with Gasteiger partial charge in [0.2, 0.25) is 5.91 Å². The van der Waals surface area contributed by atoms with Crippen LogP contribution < -0.4 is 15.4 Å². The molecule has 1 heterocycles. The fourth-order valence-electron chi connectivity index (χ4n) is 3.24. The number of ether oxygens (including phenoxy) is 2. The molecular formula is C23H27ClN2O4S. The van der Waals surface area contributed by atoms with Gasteiger partial charge in [-0.2, -0.15) is 11.8 Å². The smallest absolute Gasteiger partial charge is 0.253 e. The van der Waals surface area contributed by atoms with Crippen molar-refractivity contribution in [2.45, 2.75) is 31.4 Å². The van der Waals surface area contributed by atoms with Crippen LogP contribution in [0.3, 0.4) is 0 Å². The summed E-state index contributed by atoms with van der Waals surface area (Å²) in [6.45, 7) is 1.27. The van der Waals surface area contributed by atoms with Crippen molar-refractivity contribution in [1.82, 2.24) is 5.32 Å². The van der Waals surface area contributed by atoms with Gasteiger partial charge in [0.25, 0.3) is 5.91 Å². The molecule has 2 aromatic rings. The van der Waals surface area contributed by atoms with E-state index in [0.717, 1.165) is 25.2 Å². The molecule has 2 amide bonds. The van der Waals surface area contributed by atoms with Gasteiger partial charge in [-0.15, -0.1) is 0 Å². The highest BCUT2D eigenvalue weighted by Gasteiger charge is 2.22. The van der Waals surface area contributed by atoms with E-state index in [9.17, 15) is 9.59 Å². The van der Waals surface area contributed by atoms with E-state index in [1.165, 1.54) is 0 Å². The van der Waals surface area contributed by atoms with Crippen molar-refractivity contribution in [3.8, 4) is 5.75 Å². The van der Waals surface area contributed by atoms with Gasteiger partial charge in [-0.1, -0.05) is 29.8 Å². The van der Waals surface area contributed by atoms with E-state index in [2.05, 4.69) is 10.6 Å². The number of halogens is 1. The molecule has 6 nitrogen and oxygen atoms in total. The van der Waals surface area contributed by atoms with E-state index in [4.69, 9.17) is 21.1 Å². The number of anilines is 1. The predicted molar refractivity (Wildman–Crippen MR) is 125 cm³/mol. The van der Waals surface area contributed by atoms with Gasteiger partial charge in [0, 0.05) is 18.4 Å². The summed E-state index contributed by atoms with van der Waals surface area (Å²) < 4.78 is 11.4. The fraction of sp³-hybridized carbons (Fsp3) is 0.391. The zero-order valence-electron chi connectivity index (χ0n) is 17.4. The average molecular weight is 463 g/mol. The average Bonchev–Trinajstić information content (AvgIpc) is 3.29. The Morgan fingerprint density at radius 3 is 2.84 bits per heavy atom. The lowest BCUT2D eigenvalue weighted by Crippen LogP contribution is -2.44. The minimum atomic E-state index is -0.687. The molecule has 8 heteroatoms. The normalized spacial score (nSPS) is 16.5. The van der Waals surface area contributed by atoms with Crippen LogP contribution in [-0.4, -0.2) is 49.2 Å². The topological polar surface area (TPSA) is 76.7 Å². The zero-order chi connectivity index (χ0) is 22.1. The first-order valence-corrected chi connectivity index (χ1v) is 12.0. The number of carbonyl (C=O) groups is 2. The number of carbonyl (C=O) groups excluding carboxylic acids is 2. The third-order valence-electron chi connectivity index (χ3n) is 4.91. The van der Waals surface area contributed by atoms with Gasteiger partial charge in [0.05, 0.1) is 16.7 Å². The Morgan fingerprint density at radius 1 is 1.26 bits per heavy atom. The standard InChI is InChI=1S/C23H27ClN2O4S/c1-31-13-11-21(26-22(27)19-9-2-3-10-20(19)24)23(28)25-16-6-4-7-17(14-16)30-15-18-8-5-12-29-18/h2-4,6-7,9-10,14,18,21H,5,8,11-13,15H2,1H3,(H,25,28)(H,26,27)/t18-,21+/m1/s1. The summed E-state index contributed by atoms with van der Waals surface area (Å²) in [4.78, 5) is 25.6. The lowest BCUT2D eigenvalue weighted by atomic mass is 10.1. The maximum absolute atomic E-state index is 12.9. The van der Waals surface area contributed by atoms with Gasteiger partial charge < -0.3 is 20.1 Å². The van der Waals surface area contributed by atoms with E-state index in [1.807, 2.05) is 18.4 Å². The van der Waals surface area contributed by atoms with Gasteiger partial charge in [0.15, 0.2) is 0 Å². The Morgan fingerprint density at radius 2 is 2.10 bits per heavy atom. The fourth-order valence-corrected chi connectivity index (χ4v) is 3.94. The number of hydrogen-bond donors (Lipinski definition) is 2. The van der Waals surface area contributed by atoms with Crippen LogP contribution in [0.15, 0.2) is 48.5 Å². The van der Waals surface area contributed by atoms with Crippen LogP contribution >= 0.6 is 23.4 Å². The minimum absolute atomic E-state index is 0.120. The highest BCUT2D eigenvalue weighted by molar-refractivity contribution is 7.98. The summed E-state index contributed by atoms with van der Waals surface area (Å²) in [5, 5.41) is 6.04. The van der Waals surface area contributed by atoms with Crippen LogP contribution in [0.2, 0.25) is 5.02 Å².